The summed E-state index contributed by atoms with van der Waals surface area (Å²) in [6, 6.07) is 27.0. The van der Waals surface area contributed by atoms with E-state index in [1.165, 1.54) is 18.2 Å². The number of esters is 2. The summed E-state index contributed by atoms with van der Waals surface area (Å²) >= 11 is 0. The molecule has 1 atom stereocenters. The molecule has 10 heteroatoms. The maximum atomic E-state index is 13.6. The molecule has 0 spiro atoms. The zero-order chi connectivity index (χ0) is 32.8. The smallest absolute Gasteiger partial charge is 0.336 e. The molecule has 1 N–H and O–H groups in total. The van der Waals surface area contributed by atoms with Gasteiger partial charge in [-0.15, -0.1) is 0 Å². The standard InChI is InChI=1S/C37H40N4O6/c1-25-31(35(42)44-3)33(29-15-10-16-30-34(29)40-47-39-30)32(26(2)38-25)36(43)46-24-23-45-22-21-41-19-17-37(18-20-41,27-11-6-4-7-12-27)28-13-8-5-9-14-28/h4-16,33,38H,17-24H2,1-3H3. The molecule has 0 saturated carbocycles. The minimum Gasteiger partial charge on any atom is -0.466 e. The van der Waals surface area contributed by atoms with E-state index in [0.717, 1.165) is 32.5 Å². The highest BCUT2D eigenvalue weighted by Crippen LogP contribution is 2.42. The lowest BCUT2D eigenvalue weighted by Crippen LogP contribution is -2.44. The van der Waals surface area contributed by atoms with Crippen LogP contribution in [0.3, 0.4) is 0 Å². The van der Waals surface area contributed by atoms with E-state index in [1.54, 1.807) is 32.0 Å². The number of benzene rings is 3. The molecule has 244 valence electrons. The van der Waals surface area contributed by atoms with Gasteiger partial charge in [0.15, 0.2) is 0 Å². The number of rotatable bonds is 11. The van der Waals surface area contributed by atoms with Gasteiger partial charge in [-0.05, 0) is 72.8 Å². The lowest BCUT2D eigenvalue weighted by Gasteiger charge is -2.43. The van der Waals surface area contributed by atoms with Crippen molar-refractivity contribution >= 4 is 23.0 Å². The number of fused-ring (bicyclic) bond motifs is 1. The third-order valence-corrected chi connectivity index (χ3v) is 9.39. The Morgan fingerprint density at radius 3 is 2.11 bits per heavy atom. The second-order valence-electron chi connectivity index (χ2n) is 12.0. The number of nitrogens with zero attached hydrogens (tertiary/aromatic N) is 3. The molecule has 2 aliphatic rings. The Kier molecular flexibility index (Phi) is 9.79. The average molecular weight is 637 g/mol. The molecule has 3 aromatic carbocycles. The van der Waals surface area contributed by atoms with E-state index in [-0.39, 0.29) is 18.6 Å². The summed E-state index contributed by atoms with van der Waals surface area (Å²) in [6.07, 6.45) is 2.06. The topological polar surface area (TPSA) is 116 Å². The van der Waals surface area contributed by atoms with E-state index in [9.17, 15) is 9.59 Å². The van der Waals surface area contributed by atoms with Crippen LogP contribution in [0.4, 0.5) is 0 Å². The lowest BCUT2D eigenvalue weighted by molar-refractivity contribution is -0.141. The summed E-state index contributed by atoms with van der Waals surface area (Å²) in [4.78, 5) is 29.0. The molecule has 6 rings (SSSR count). The molecule has 1 saturated heterocycles. The third kappa shape index (κ3) is 6.57. The molecule has 10 nitrogen and oxygen atoms in total. The number of carbonyl (C=O) groups excluding carboxylic acids is 2. The first-order chi connectivity index (χ1) is 22.9. The summed E-state index contributed by atoms with van der Waals surface area (Å²) in [5.41, 5.74) is 6.04. The van der Waals surface area contributed by atoms with Crippen LogP contribution in [0.2, 0.25) is 0 Å². The second kappa shape index (κ2) is 14.3. The highest BCUT2D eigenvalue weighted by molar-refractivity contribution is 6.01. The summed E-state index contributed by atoms with van der Waals surface area (Å²) in [7, 11) is 1.31. The van der Waals surface area contributed by atoms with E-state index in [2.05, 4.69) is 81.2 Å². The van der Waals surface area contributed by atoms with Crippen molar-refractivity contribution in [1.82, 2.24) is 20.5 Å². The third-order valence-electron chi connectivity index (χ3n) is 9.39. The predicted molar refractivity (Wildman–Crippen MR) is 176 cm³/mol. The number of methoxy groups -OCH3 is 1. The molecular formula is C37H40N4O6. The van der Waals surface area contributed by atoms with Crippen LogP contribution >= 0.6 is 0 Å². The highest BCUT2D eigenvalue weighted by Gasteiger charge is 2.40. The Hall–Kier alpha value is -4.80. The Morgan fingerprint density at radius 2 is 1.47 bits per heavy atom. The Labute approximate surface area is 274 Å². The number of hydrogen-bond donors (Lipinski definition) is 1. The van der Waals surface area contributed by atoms with E-state index >= 15 is 0 Å². The number of allylic oxidation sites excluding steroid dienone is 2. The average Bonchev–Trinajstić information content (AvgIpc) is 3.60. The van der Waals surface area contributed by atoms with Gasteiger partial charge < -0.3 is 24.4 Å². The maximum absolute atomic E-state index is 13.6. The molecule has 1 unspecified atom stereocenters. The SMILES string of the molecule is COC(=O)C1=C(C)NC(C)=C(C(=O)OCCOCCN2CCC(c3ccccc3)(c3ccccc3)CC2)C1c1cccc2nonc12. The number of hydrogen-bond acceptors (Lipinski definition) is 10. The van der Waals surface area contributed by atoms with Crippen molar-refractivity contribution in [2.75, 3.05) is 46.6 Å². The monoisotopic (exact) mass is 636 g/mol. The second-order valence-corrected chi connectivity index (χ2v) is 12.0. The molecule has 0 aliphatic carbocycles. The summed E-state index contributed by atoms with van der Waals surface area (Å²) in [5.74, 6) is -1.90. The highest BCUT2D eigenvalue weighted by atomic mass is 16.6. The van der Waals surface area contributed by atoms with Crippen LogP contribution in [0.15, 0.2) is 106 Å². The van der Waals surface area contributed by atoms with Crippen LogP contribution in [0.25, 0.3) is 11.0 Å². The van der Waals surface area contributed by atoms with Crippen LogP contribution in [0.1, 0.15) is 49.3 Å². The van der Waals surface area contributed by atoms with Crippen molar-refractivity contribution in [2.24, 2.45) is 0 Å². The minimum atomic E-state index is -0.786. The van der Waals surface area contributed by atoms with Gasteiger partial charge in [-0.3, -0.25) is 0 Å². The van der Waals surface area contributed by atoms with Crippen LogP contribution in [-0.4, -0.2) is 73.7 Å². The molecule has 0 bridgehead atoms. The summed E-state index contributed by atoms with van der Waals surface area (Å²) in [6.45, 7) is 7.13. The predicted octanol–water partition coefficient (Wildman–Crippen LogP) is 5.27. The molecule has 0 amide bonds. The molecule has 1 aromatic heterocycles. The van der Waals surface area contributed by atoms with Gasteiger partial charge >= 0.3 is 11.9 Å². The first kappa shape index (κ1) is 32.2. The molecule has 0 radical (unpaired) electrons. The molecule has 2 aliphatic heterocycles. The van der Waals surface area contributed by atoms with Crippen molar-refractivity contribution in [2.45, 2.75) is 38.0 Å². The Bertz CT molecular complexity index is 1730. The van der Waals surface area contributed by atoms with Gasteiger partial charge in [0.25, 0.3) is 0 Å². The van der Waals surface area contributed by atoms with Gasteiger partial charge in [0.2, 0.25) is 0 Å². The van der Waals surface area contributed by atoms with Crippen molar-refractivity contribution in [3.8, 4) is 0 Å². The van der Waals surface area contributed by atoms with E-state index in [0.29, 0.717) is 45.7 Å². The van der Waals surface area contributed by atoms with Crippen LogP contribution < -0.4 is 5.32 Å². The molecule has 4 aromatic rings. The molecular weight excluding hydrogens is 596 g/mol. The summed E-state index contributed by atoms with van der Waals surface area (Å²) in [5, 5.41) is 11.1. The Balaban J connectivity index is 1.04. The number of likely N-dealkylation sites (tertiary alicyclic amines) is 1. The molecule has 3 heterocycles. The lowest BCUT2D eigenvalue weighted by atomic mass is 9.68. The number of piperidine rings is 1. The van der Waals surface area contributed by atoms with Crippen LogP contribution in [0.5, 0.6) is 0 Å². The number of ether oxygens (including phenoxy) is 3. The van der Waals surface area contributed by atoms with Gasteiger partial charge in [0, 0.05) is 23.4 Å². The fourth-order valence-corrected chi connectivity index (χ4v) is 7.00. The van der Waals surface area contributed by atoms with Crippen molar-refractivity contribution in [3.05, 3.63) is 118 Å². The fraction of sp³-hybridized carbons (Fsp3) is 0.351. The Morgan fingerprint density at radius 1 is 0.830 bits per heavy atom. The van der Waals surface area contributed by atoms with Crippen molar-refractivity contribution in [3.63, 3.8) is 0 Å². The molecule has 47 heavy (non-hydrogen) atoms. The summed E-state index contributed by atoms with van der Waals surface area (Å²) < 4.78 is 21.7. The van der Waals surface area contributed by atoms with Gasteiger partial charge in [0.1, 0.15) is 17.6 Å². The largest absolute Gasteiger partial charge is 0.466 e. The zero-order valence-electron chi connectivity index (χ0n) is 27.0. The van der Waals surface area contributed by atoms with Crippen molar-refractivity contribution < 1.29 is 28.4 Å². The maximum Gasteiger partial charge on any atom is 0.336 e. The van der Waals surface area contributed by atoms with E-state index < -0.39 is 17.9 Å². The number of carbonyl (C=O) groups is 2. The first-order valence-electron chi connectivity index (χ1n) is 16.0. The minimum absolute atomic E-state index is 0.00387. The van der Waals surface area contributed by atoms with E-state index in [4.69, 9.17) is 18.8 Å². The van der Waals surface area contributed by atoms with Gasteiger partial charge in [0.05, 0.1) is 37.4 Å². The quantitative estimate of drug-likeness (QED) is 0.172. The van der Waals surface area contributed by atoms with Gasteiger partial charge in [-0.2, -0.15) is 0 Å². The van der Waals surface area contributed by atoms with Gasteiger partial charge in [-0.1, -0.05) is 72.8 Å². The van der Waals surface area contributed by atoms with Crippen LogP contribution in [0, 0.1) is 0 Å². The number of aromatic nitrogens is 2. The van der Waals surface area contributed by atoms with Crippen LogP contribution in [-0.2, 0) is 29.2 Å². The number of nitrogens with one attached hydrogen (secondary N) is 1. The van der Waals surface area contributed by atoms with E-state index in [1.807, 2.05) is 0 Å². The molecule has 1 fully saturated rings. The van der Waals surface area contributed by atoms with Crippen molar-refractivity contribution in [1.29, 1.82) is 0 Å². The normalized spacial score (nSPS) is 18.2. The fourth-order valence-electron chi connectivity index (χ4n) is 7.00. The van der Waals surface area contributed by atoms with Gasteiger partial charge in [-0.25, -0.2) is 14.2 Å². The first-order valence-corrected chi connectivity index (χ1v) is 16.0. The zero-order valence-corrected chi connectivity index (χ0v) is 27.0. The number of dihydropyridines is 1.